The van der Waals surface area contributed by atoms with E-state index >= 15 is 0 Å². The van der Waals surface area contributed by atoms with Crippen LogP contribution in [0.3, 0.4) is 0 Å². The van der Waals surface area contributed by atoms with E-state index in [9.17, 15) is 9.59 Å². The van der Waals surface area contributed by atoms with Crippen molar-refractivity contribution in [1.82, 2.24) is 35.0 Å². The maximum absolute atomic E-state index is 13.6. The molecule has 204 valence electrons. The molecule has 4 aromatic rings. The van der Waals surface area contributed by atoms with Crippen LogP contribution in [0.1, 0.15) is 59.7 Å². The number of tetrazole rings is 1. The van der Waals surface area contributed by atoms with Gasteiger partial charge in [-0.05, 0) is 47.5 Å². The van der Waals surface area contributed by atoms with Crippen molar-refractivity contribution in [3.05, 3.63) is 64.1 Å². The zero-order chi connectivity index (χ0) is 26.9. The summed E-state index contributed by atoms with van der Waals surface area (Å²) >= 11 is 0. The van der Waals surface area contributed by atoms with E-state index in [1.807, 2.05) is 16.8 Å². The van der Waals surface area contributed by atoms with Gasteiger partial charge in [-0.25, -0.2) is 4.68 Å². The smallest absolute Gasteiger partial charge is 0.289 e. The van der Waals surface area contributed by atoms with Crippen molar-refractivity contribution in [2.24, 2.45) is 0 Å². The van der Waals surface area contributed by atoms with Crippen LogP contribution in [0.2, 0.25) is 0 Å². The zero-order valence-electron chi connectivity index (χ0n) is 22.0. The molecule has 12 nitrogen and oxygen atoms in total. The summed E-state index contributed by atoms with van der Waals surface area (Å²) in [5.74, 6) is 1.92. The molecule has 1 aromatic carbocycles. The molecule has 1 aliphatic heterocycles. The normalized spacial score (nSPS) is 17.5. The third-order valence-electron chi connectivity index (χ3n) is 7.80. The Bertz CT molecular complexity index is 1520. The second-order valence-electron chi connectivity index (χ2n) is 9.98. The molecule has 3 aromatic heterocycles. The molecule has 12 heteroatoms. The Hall–Kier alpha value is -4.19. The van der Waals surface area contributed by atoms with Crippen LogP contribution in [-0.2, 0) is 0 Å². The van der Waals surface area contributed by atoms with Gasteiger partial charge in [0.1, 0.15) is 6.04 Å². The molecular formula is C27H31N7O5. The number of H-pyrrole nitrogens is 1. The average Bonchev–Trinajstić information content (AvgIpc) is 3.76. The number of aromatic amines is 1. The molecule has 1 saturated carbocycles. The number of carbonyl (C=O) groups excluding carboxylic acids is 1. The Morgan fingerprint density at radius 2 is 1.82 bits per heavy atom. The van der Waals surface area contributed by atoms with Crippen LogP contribution in [0.4, 0.5) is 0 Å². The Labute approximate surface area is 224 Å². The first-order chi connectivity index (χ1) is 19.1. The third-order valence-corrected chi connectivity index (χ3v) is 7.80. The average molecular weight is 534 g/mol. The number of hydrogen-bond donors (Lipinski definition) is 1. The summed E-state index contributed by atoms with van der Waals surface area (Å²) in [7, 11) is 3.14. The van der Waals surface area contributed by atoms with Crippen molar-refractivity contribution >= 4 is 16.8 Å². The summed E-state index contributed by atoms with van der Waals surface area (Å²) < 4.78 is 18.1. The Kier molecular flexibility index (Phi) is 6.77. The molecule has 39 heavy (non-hydrogen) atoms. The van der Waals surface area contributed by atoms with Crippen LogP contribution < -0.4 is 15.0 Å². The van der Waals surface area contributed by atoms with E-state index in [0.717, 1.165) is 31.1 Å². The first kappa shape index (κ1) is 25.1. The Morgan fingerprint density at radius 3 is 2.51 bits per heavy atom. The number of aromatic nitrogens is 5. The second-order valence-corrected chi connectivity index (χ2v) is 9.98. The highest BCUT2D eigenvalue weighted by atomic mass is 16.5. The molecule has 1 saturated heterocycles. The van der Waals surface area contributed by atoms with E-state index < -0.39 is 6.04 Å². The molecule has 0 bridgehead atoms. The number of ether oxygens (including phenoxy) is 2. The molecule has 6 rings (SSSR count). The Balaban J connectivity index is 1.39. The van der Waals surface area contributed by atoms with Crippen LogP contribution in [0, 0.1) is 0 Å². The maximum atomic E-state index is 13.6. The van der Waals surface area contributed by atoms with Crippen LogP contribution in [0.5, 0.6) is 11.5 Å². The van der Waals surface area contributed by atoms with Gasteiger partial charge >= 0.3 is 0 Å². The van der Waals surface area contributed by atoms with Crippen molar-refractivity contribution in [2.75, 3.05) is 40.4 Å². The number of fused-ring (bicyclic) bond motifs is 1. The highest BCUT2D eigenvalue weighted by molar-refractivity contribution is 5.91. The third kappa shape index (κ3) is 4.65. The minimum atomic E-state index is -0.497. The molecule has 4 heterocycles. The van der Waals surface area contributed by atoms with Crippen molar-refractivity contribution in [3.63, 3.8) is 0 Å². The highest BCUT2D eigenvalue weighted by Gasteiger charge is 2.36. The number of carbonyl (C=O) groups is 1. The lowest BCUT2D eigenvalue weighted by molar-refractivity contribution is 0.0557. The van der Waals surface area contributed by atoms with E-state index in [0.29, 0.717) is 60.3 Å². The first-order valence-electron chi connectivity index (χ1n) is 13.2. The van der Waals surface area contributed by atoms with Gasteiger partial charge in [0, 0.05) is 43.2 Å². The standard InChI is InChI=1S/C27H31N7O5/c1-37-22-15-17-14-19(26(35)28-20(17)16-23(22)38-2)24(25-29-30-31-34(25)18-6-3-4-7-18)32-9-11-33(12-10-32)27(36)21-8-5-13-39-21/h5,8,13-16,18,24H,3-4,6-7,9-12H2,1-2H3,(H,28,35)/t24-/m0/s1. The van der Waals surface area contributed by atoms with Crippen LogP contribution >= 0.6 is 0 Å². The number of nitrogens with one attached hydrogen (secondary N) is 1. The van der Waals surface area contributed by atoms with Gasteiger partial charge in [-0.1, -0.05) is 12.8 Å². The molecule has 2 fully saturated rings. The minimum Gasteiger partial charge on any atom is -0.493 e. The fourth-order valence-corrected chi connectivity index (χ4v) is 5.78. The van der Waals surface area contributed by atoms with E-state index in [2.05, 4.69) is 25.4 Å². The second kappa shape index (κ2) is 10.5. The maximum Gasteiger partial charge on any atom is 0.289 e. The quantitative estimate of drug-likeness (QED) is 0.381. The molecule has 0 spiro atoms. The van der Waals surface area contributed by atoms with E-state index in [-0.39, 0.29) is 17.5 Å². The monoisotopic (exact) mass is 533 g/mol. The van der Waals surface area contributed by atoms with Gasteiger partial charge in [0.25, 0.3) is 11.5 Å². The van der Waals surface area contributed by atoms with E-state index in [4.69, 9.17) is 13.9 Å². The van der Waals surface area contributed by atoms with Gasteiger partial charge in [-0.3, -0.25) is 14.5 Å². The lowest BCUT2D eigenvalue weighted by Gasteiger charge is -2.38. The lowest BCUT2D eigenvalue weighted by Crippen LogP contribution is -2.50. The molecule has 0 unspecified atom stereocenters. The van der Waals surface area contributed by atoms with Crippen LogP contribution in [0.25, 0.3) is 10.9 Å². The largest absolute Gasteiger partial charge is 0.493 e. The summed E-state index contributed by atoms with van der Waals surface area (Å²) in [6.45, 7) is 2.05. The number of furan rings is 1. The Morgan fingerprint density at radius 1 is 1.08 bits per heavy atom. The molecule has 0 radical (unpaired) electrons. The van der Waals surface area contributed by atoms with Gasteiger partial charge in [-0.15, -0.1) is 5.10 Å². The predicted molar refractivity (Wildman–Crippen MR) is 141 cm³/mol. The number of rotatable bonds is 7. The lowest BCUT2D eigenvalue weighted by atomic mass is 10.0. The van der Waals surface area contributed by atoms with Crippen molar-refractivity contribution in [1.29, 1.82) is 0 Å². The molecule has 1 N–H and O–H groups in total. The van der Waals surface area contributed by atoms with Gasteiger partial charge in [0.15, 0.2) is 23.1 Å². The summed E-state index contributed by atoms with van der Waals surface area (Å²) in [5, 5.41) is 13.7. The van der Waals surface area contributed by atoms with E-state index in [1.165, 1.54) is 6.26 Å². The molecule has 1 aliphatic carbocycles. The first-order valence-corrected chi connectivity index (χ1v) is 13.2. The van der Waals surface area contributed by atoms with E-state index in [1.54, 1.807) is 37.3 Å². The zero-order valence-corrected chi connectivity index (χ0v) is 22.0. The van der Waals surface area contributed by atoms with Crippen LogP contribution in [-0.4, -0.2) is 81.3 Å². The fraction of sp³-hybridized carbons (Fsp3) is 0.444. The highest BCUT2D eigenvalue weighted by Crippen LogP contribution is 2.36. The summed E-state index contributed by atoms with van der Waals surface area (Å²) in [4.78, 5) is 33.5. The van der Waals surface area contributed by atoms with Crippen molar-refractivity contribution in [3.8, 4) is 11.5 Å². The molecule has 1 atom stereocenters. The fourth-order valence-electron chi connectivity index (χ4n) is 5.78. The molecular weight excluding hydrogens is 502 g/mol. The van der Waals surface area contributed by atoms with Gasteiger partial charge in [0.2, 0.25) is 0 Å². The number of benzene rings is 1. The minimum absolute atomic E-state index is 0.142. The number of piperazine rings is 1. The molecule has 1 amide bonds. The predicted octanol–water partition coefficient (Wildman–Crippen LogP) is 2.79. The number of methoxy groups -OCH3 is 2. The van der Waals surface area contributed by atoms with Gasteiger partial charge in [0.05, 0.1) is 32.0 Å². The SMILES string of the molecule is COc1cc2cc([C@@H](c3nnnn3C3CCCC3)N3CCN(C(=O)c4ccco4)CC3)c(=O)[nH]c2cc1OC. The number of nitrogens with zero attached hydrogens (tertiary/aromatic N) is 6. The van der Waals surface area contributed by atoms with Crippen molar-refractivity contribution in [2.45, 2.75) is 37.8 Å². The molecule has 2 aliphatic rings. The van der Waals surface area contributed by atoms with Crippen molar-refractivity contribution < 1.29 is 18.7 Å². The summed E-state index contributed by atoms with van der Waals surface area (Å²) in [6, 6.07) is 8.57. The number of hydrogen-bond acceptors (Lipinski definition) is 9. The number of pyridine rings is 1. The number of amides is 1. The van der Waals surface area contributed by atoms with Crippen LogP contribution in [0.15, 0.2) is 45.8 Å². The van der Waals surface area contributed by atoms with Gasteiger partial charge in [-0.2, -0.15) is 0 Å². The summed E-state index contributed by atoms with van der Waals surface area (Å²) in [6.07, 6.45) is 5.75. The summed E-state index contributed by atoms with van der Waals surface area (Å²) in [5.41, 5.74) is 0.953. The van der Waals surface area contributed by atoms with Gasteiger partial charge < -0.3 is 23.8 Å². The topological polar surface area (TPSA) is 132 Å².